The van der Waals surface area contributed by atoms with Gasteiger partial charge >= 0.3 is 0 Å². The molecule has 1 amide bonds. The van der Waals surface area contributed by atoms with Gasteiger partial charge in [0.2, 0.25) is 0 Å². The Morgan fingerprint density at radius 1 is 1.44 bits per heavy atom. The molecule has 7 nitrogen and oxygen atoms in total. The van der Waals surface area contributed by atoms with Crippen molar-refractivity contribution in [3.63, 3.8) is 0 Å². The van der Waals surface area contributed by atoms with Crippen LogP contribution in [0.25, 0.3) is 0 Å². The summed E-state index contributed by atoms with van der Waals surface area (Å²) in [4.78, 5) is 28.8. The van der Waals surface area contributed by atoms with Crippen LogP contribution in [0.5, 0.6) is 0 Å². The third-order valence-corrected chi connectivity index (χ3v) is 4.79. The second-order valence-electron chi connectivity index (χ2n) is 6.76. The van der Waals surface area contributed by atoms with Gasteiger partial charge in [0, 0.05) is 32.2 Å². The van der Waals surface area contributed by atoms with Crippen LogP contribution in [-0.2, 0) is 0 Å². The molecule has 0 spiro atoms. The zero-order valence-corrected chi connectivity index (χ0v) is 14.9. The summed E-state index contributed by atoms with van der Waals surface area (Å²) in [6.45, 7) is 5.29. The number of aromatic nitrogens is 2. The summed E-state index contributed by atoms with van der Waals surface area (Å²) in [6, 6.07) is 3.46. The third kappa shape index (κ3) is 3.60. The Kier molecular flexibility index (Phi) is 4.92. The molecule has 2 aromatic rings. The molecular formula is C18H24N4O3. The summed E-state index contributed by atoms with van der Waals surface area (Å²) < 4.78 is 6.50. The highest BCUT2D eigenvalue weighted by molar-refractivity contribution is 5.93. The van der Waals surface area contributed by atoms with Crippen LogP contribution in [0.15, 0.2) is 40.1 Å². The lowest BCUT2D eigenvalue weighted by Crippen LogP contribution is -2.43. The zero-order valence-electron chi connectivity index (χ0n) is 14.9. The molecule has 0 saturated carbocycles. The Bertz CT molecular complexity index is 782. The van der Waals surface area contributed by atoms with Crippen LogP contribution in [0.4, 0.5) is 5.69 Å². The van der Waals surface area contributed by atoms with E-state index in [2.05, 4.69) is 18.9 Å². The number of hydrogen-bond acceptors (Lipinski definition) is 5. The molecular weight excluding hydrogens is 320 g/mol. The molecule has 1 atom stereocenters. The fourth-order valence-electron chi connectivity index (χ4n) is 3.08. The molecule has 134 valence electrons. The molecule has 25 heavy (non-hydrogen) atoms. The zero-order chi connectivity index (χ0) is 18.0. The molecule has 3 rings (SSSR count). The fourth-order valence-corrected chi connectivity index (χ4v) is 3.08. The lowest BCUT2D eigenvalue weighted by Gasteiger charge is -2.33. The largest absolute Gasteiger partial charge is 0.472 e. The van der Waals surface area contributed by atoms with Crippen molar-refractivity contribution in [1.29, 1.82) is 0 Å². The summed E-state index contributed by atoms with van der Waals surface area (Å²) in [5.74, 6) is -0.0670. The molecule has 1 fully saturated rings. The number of hydrogen-bond donors (Lipinski definition) is 0. The van der Waals surface area contributed by atoms with E-state index < -0.39 is 0 Å². The van der Waals surface area contributed by atoms with Gasteiger partial charge in [-0.1, -0.05) is 0 Å². The Hall–Kier alpha value is -2.57. The molecule has 0 aromatic carbocycles. The van der Waals surface area contributed by atoms with Crippen LogP contribution >= 0.6 is 0 Å². The molecule has 7 heteroatoms. The first-order valence-electron chi connectivity index (χ1n) is 8.60. The van der Waals surface area contributed by atoms with Crippen LogP contribution in [0, 0.1) is 0 Å². The molecule has 2 aromatic heterocycles. The summed E-state index contributed by atoms with van der Waals surface area (Å²) in [6.07, 6.45) is 6.34. The highest BCUT2D eigenvalue weighted by Crippen LogP contribution is 2.22. The lowest BCUT2D eigenvalue weighted by atomic mass is 10.0. The third-order valence-electron chi connectivity index (χ3n) is 4.79. The monoisotopic (exact) mass is 344 g/mol. The summed E-state index contributed by atoms with van der Waals surface area (Å²) >= 11 is 0. The van der Waals surface area contributed by atoms with E-state index in [0.717, 1.165) is 18.5 Å². The molecule has 0 N–H and O–H groups in total. The Morgan fingerprint density at radius 3 is 2.88 bits per heavy atom. The maximum atomic E-state index is 12.5. The number of furan rings is 1. The maximum absolute atomic E-state index is 12.5. The van der Waals surface area contributed by atoms with E-state index >= 15 is 0 Å². The summed E-state index contributed by atoms with van der Waals surface area (Å²) in [5.41, 5.74) is 1.21. The number of piperidine rings is 1. The highest BCUT2D eigenvalue weighted by Gasteiger charge is 2.27. The van der Waals surface area contributed by atoms with Gasteiger partial charge in [0.1, 0.15) is 6.26 Å². The lowest BCUT2D eigenvalue weighted by molar-refractivity contribution is 0.0669. The molecule has 1 aliphatic heterocycles. The van der Waals surface area contributed by atoms with E-state index in [4.69, 9.17) is 4.42 Å². The molecule has 0 aliphatic carbocycles. The van der Waals surface area contributed by atoms with E-state index in [1.54, 1.807) is 23.2 Å². The Morgan fingerprint density at radius 2 is 2.24 bits per heavy atom. The summed E-state index contributed by atoms with van der Waals surface area (Å²) in [5, 5.41) is 4.37. The van der Waals surface area contributed by atoms with E-state index in [1.807, 2.05) is 11.9 Å². The smallest absolute Gasteiger partial charge is 0.269 e. The van der Waals surface area contributed by atoms with E-state index in [9.17, 15) is 9.59 Å². The number of rotatable bonds is 4. The van der Waals surface area contributed by atoms with Gasteiger partial charge in [-0.3, -0.25) is 9.59 Å². The standard InChI is InChI=1S/C18H24N4O3/c1-13(2)20(3)16-9-17(23)22(19-10-16)15-5-4-7-21(11-15)18(24)14-6-8-25-12-14/h6,8-10,12-13,15H,4-5,7,11H2,1-3H3/t15-/m0/s1. The van der Waals surface area contributed by atoms with Gasteiger partial charge in [0.15, 0.2) is 0 Å². The van der Waals surface area contributed by atoms with Crippen LogP contribution in [0.2, 0.25) is 0 Å². The normalized spacial score (nSPS) is 17.8. The van der Waals surface area contributed by atoms with Crippen molar-refractivity contribution in [2.24, 2.45) is 0 Å². The maximum Gasteiger partial charge on any atom is 0.269 e. The van der Waals surface area contributed by atoms with Gasteiger partial charge in [0.05, 0.1) is 29.8 Å². The van der Waals surface area contributed by atoms with Crippen molar-refractivity contribution in [1.82, 2.24) is 14.7 Å². The van der Waals surface area contributed by atoms with Crippen molar-refractivity contribution < 1.29 is 9.21 Å². The predicted molar refractivity (Wildman–Crippen MR) is 94.9 cm³/mol. The number of anilines is 1. The topological polar surface area (TPSA) is 71.6 Å². The summed E-state index contributed by atoms with van der Waals surface area (Å²) in [7, 11) is 1.94. The first-order valence-corrected chi connectivity index (χ1v) is 8.60. The average molecular weight is 344 g/mol. The molecule has 0 bridgehead atoms. The van der Waals surface area contributed by atoms with E-state index in [-0.39, 0.29) is 23.6 Å². The minimum absolute atomic E-state index is 0.0670. The minimum Gasteiger partial charge on any atom is -0.472 e. The molecule has 3 heterocycles. The first-order chi connectivity index (χ1) is 12.0. The van der Waals surface area contributed by atoms with Gasteiger partial charge in [-0.15, -0.1) is 0 Å². The average Bonchev–Trinajstić information content (AvgIpc) is 3.15. The number of nitrogens with zero attached hydrogens (tertiary/aromatic N) is 4. The van der Waals surface area contributed by atoms with Crippen LogP contribution < -0.4 is 10.5 Å². The van der Waals surface area contributed by atoms with Gasteiger partial charge in [0.25, 0.3) is 11.5 Å². The number of amides is 1. The predicted octanol–water partition coefficient (Wildman–Crippen LogP) is 2.16. The first kappa shape index (κ1) is 17.3. The van der Waals surface area contributed by atoms with Crippen molar-refractivity contribution in [2.45, 2.75) is 38.8 Å². The molecule has 0 unspecified atom stereocenters. The van der Waals surface area contributed by atoms with Crippen molar-refractivity contribution >= 4 is 11.6 Å². The van der Waals surface area contributed by atoms with Crippen LogP contribution in [0.3, 0.4) is 0 Å². The van der Waals surface area contributed by atoms with Crippen molar-refractivity contribution in [3.8, 4) is 0 Å². The van der Waals surface area contributed by atoms with E-state index in [1.165, 1.54) is 17.2 Å². The molecule has 0 radical (unpaired) electrons. The van der Waals surface area contributed by atoms with Gasteiger partial charge in [-0.2, -0.15) is 5.10 Å². The van der Waals surface area contributed by atoms with Crippen molar-refractivity contribution in [2.75, 3.05) is 25.0 Å². The number of carbonyl (C=O) groups is 1. The van der Waals surface area contributed by atoms with Crippen LogP contribution in [-0.4, -0.2) is 46.8 Å². The fraction of sp³-hybridized carbons (Fsp3) is 0.500. The second kappa shape index (κ2) is 7.13. The molecule has 1 saturated heterocycles. The minimum atomic E-state index is -0.132. The van der Waals surface area contributed by atoms with Crippen molar-refractivity contribution in [3.05, 3.63) is 46.8 Å². The second-order valence-corrected chi connectivity index (χ2v) is 6.76. The quantitative estimate of drug-likeness (QED) is 0.850. The number of carbonyl (C=O) groups excluding carboxylic acids is 1. The highest BCUT2D eigenvalue weighted by atomic mass is 16.3. The Balaban J connectivity index is 1.77. The molecule has 1 aliphatic rings. The van der Waals surface area contributed by atoms with Gasteiger partial charge in [-0.05, 0) is 32.8 Å². The SMILES string of the molecule is CC(C)N(C)c1cnn([C@H]2CCCN(C(=O)c3ccoc3)C2)c(=O)c1. The van der Waals surface area contributed by atoms with Gasteiger partial charge in [-0.25, -0.2) is 4.68 Å². The van der Waals surface area contributed by atoms with Crippen LogP contribution in [0.1, 0.15) is 43.1 Å². The van der Waals surface area contributed by atoms with E-state index in [0.29, 0.717) is 18.7 Å². The Labute approximate surface area is 146 Å². The number of likely N-dealkylation sites (tertiary alicyclic amines) is 1. The van der Waals surface area contributed by atoms with Gasteiger partial charge < -0.3 is 14.2 Å².